The molecule has 19 heavy (non-hydrogen) atoms. The van der Waals surface area contributed by atoms with Crippen molar-refractivity contribution in [3.8, 4) is 0 Å². The van der Waals surface area contributed by atoms with Gasteiger partial charge in [-0.3, -0.25) is 0 Å². The van der Waals surface area contributed by atoms with E-state index in [1.165, 1.54) is 10.4 Å². The third-order valence-electron chi connectivity index (χ3n) is 3.69. The van der Waals surface area contributed by atoms with Gasteiger partial charge in [-0.05, 0) is 30.5 Å². The Morgan fingerprint density at radius 3 is 2.53 bits per heavy atom. The minimum absolute atomic E-state index is 0.157. The topological polar surface area (TPSA) is 83.6 Å². The second-order valence-corrected chi connectivity index (χ2v) is 6.98. The van der Waals surface area contributed by atoms with Crippen molar-refractivity contribution in [2.45, 2.75) is 37.2 Å². The number of nitrogen functional groups attached to an aromatic ring is 1. The lowest BCUT2D eigenvalue weighted by Crippen LogP contribution is -2.62. The zero-order valence-electron chi connectivity index (χ0n) is 11.3. The molecule has 1 aliphatic heterocycles. The zero-order chi connectivity index (χ0) is 14.3. The standard InChI is InChI=1S/C13H20N2O3S/c1-3-10-5-6-11(14)7-12(10)19(17,18)15-8-13(16,4-2)9-15/h5-7,16H,3-4,8-9,14H2,1-2H3. The smallest absolute Gasteiger partial charge is 0.243 e. The highest BCUT2D eigenvalue weighted by Gasteiger charge is 2.46. The first-order chi connectivity index (χ1) is 8.82. The molecule has 1 heterocycles. The first kappa shape index (κ1) is 14.3. The van der Waals surface area contributed by atoms with Crippen LogP contribution in [0.3, 0.4) is 0 Å². The molecule has 0 aliphatic carbocycles. The number of rotatable bonds is 4. The first-order valence-electron chi connectivity index (χ1n) is 6.43. The number of anilines is 1. The van der Waals surface area contributed by atoms with Crippen LogP contribution in [0.25, 0.3) is 0 Å². The zero-order valence-corrected chi connectivity index (χ0v) is 12.1. The third kappa shape index (κ3) is 2.48. The van der Waals surface area contributed by atoms with E-state index in [0.717, 1.165) is 5.56 Å². The minimum Gasteiger partial charge on any atom is -0.399 e. The van der Waals surface area contributed by atoms with Crippen LogP contribution >= 0.6 is 0 Å². The fourth-order valence-electron chi connectivity index (χ4n) is 2.25. The quantitative estimate of drug-likeness (QED) is 0.807. The van der Waals surface area contributed by atoms with Crippen LogP contribution in [0.1, 0.15) is 25.8 Å². The van der Waals surface area contributed by atoms with Crippen LogP contribution < -0.4 is 5.73 Å². The van der Waals surface area contributed by atoms with Gasteiger partial charge in [-0.15, -0.1) is 0 Å². The van der Waals surface area contributed by atoms with E-state index in [1.807, 2.05) is 13.8 Å². The Bertz CT molecular complexity index is 578. The molecule has 1 aromatic rings. The van der Waals surface area contributed by atoms with Gasteiger partial charge in [0.25, 0.3) is 0 Å². The van der Waals surface area contributed by atoms with Crippen LogP contribution in [0.15, 0.2) is 23.1 Å². The number of β-amino-alcohol motifs (C(OH)–C–C–N with tert-alkyl or cyclic N) is 1. The Kier molecular flexibility index (Phi) is 3.59. The number of nitrogens with zero attached hydrogens (tertiary/aromatic N) is 1. The summed E-state index contributed by atoms with van der Waals surface area (Å²) in [5, 5.41) is 9.95. The summed E-state index contributed by atoms with van der Waals surface area (Å²) in [5.41, 5.74) is 5.99. The van der Waals surface area contributed by atoms with Gasteiger partial charge < -0.3 is 10.8 Å². The normalized spacial score (nSPS) is 19.1. The molecule has 1 saturated heterocycles. The summed E-state index contributed by atoms with van der Waals surface area (Å²) in [5.74, 6) is 0. The summed E-state index contributed by atoms with van der Waals surface area (Å²) in [6, 6.07) is 4.95. The molecule has 0 aromatic heterocycles. The van der Waals surface area contributed by atoms with Crippen LogP contribution in [-0.2, 0) is 16.4 Å². The second-order valence-electron chi connectivity index (χ2n) is 5.07. The largest absolute Gasteiger partial charge is 0.399 e. The highest BCUT2D eigenvalue weighted by Crippen LogP contribution is 2.32. The molecule has 0 unspecified atom stereocenters. The third-order valence-corrected chi connectivity index (χ3v) is 5.56. The van der Waals surface area contributed by atoms with Crippen molar-refractivity contribution in [3.05, 3.63) is 23.8 Å². The number of hydrogen-bond acceptors (Lipinski definition) is 4. The van der Waals surface area contributed by atoms with Crippen molar-refractivity contribution in [2.75, 3.05) is 18.8 Å². The summed E-state index contributed by atoms with van der Waals surface area (Å²) >= 11 is 0. The van der Waals surface area contributed by atoms with E-state index < -0.39 is 15.6 Å². The minimum atomic E-state index is -3.56. The van der Waals surface area contributed by atoms with Gasteiger partial charge in [0.05, 0.1) is 10.5 Å². The molecule has 1 aliphatic rings. The summed E-state index contributed by atoms with van der Waals surface area (Å²) < 4.78 is 26.3. The Morgan fingerprint density at radius 2 is 2.00 bits per heavy atom. The van der Waals surface area contributed by atoms with Crippen molar-refractivity contribution in [1.29, 1.82) is 0 Å². The van der Waals surface area contributed by atoms with Gasteiger partial charge in [0.2, 0.25) is 10.0 Å². The van der Waals surface area contributed by atoms with Crippen molar-refractivity contribution in [1.82, 2.24) is 4.31 Å². The lowest BCUT2D eigenvalue weighted by Gasteiger charge is -2.45. The number of sulfonamides is 1. The molecular formula is C13H20N2O3S. The Labute approximate surface area is 114 Å². The maximum atomic E-state index is 12.5. The predicted octanol–water partition coefficient (Wildman–Crippen LogP) is 0.977. The predicted molar refractivity (Wildman–Crippen MR) is 74.2 cm³/mol. The molecule has 0 saturated carbocycles. The highest BCUT2D eigenvalue weighted by molar-refractivity contribution is 7.89. The van der Waals surface area contributed by atoms with Crippen molar-refractivity contribution < 1.29 is 13.5 Å². The van der Waals surface area contributed by atoms with Gasteiger partial charge in [0.1, 0.15) is 0 Å². The van der Waals surface area contributed by atoms with Gasteiger partial charge in [0.15, 0.2) is 0 Å². The Balaban J connectivity index is 2.34. The van der Waals surface area contributed by atoms with E-state index in [-0.39, 0.29) is 18.0 Å². The maximum absolute atomic E-state index is 12.5. The molecule has 1 aromatic carbocycles. The molecule has 0 spiro atoms. The molecule has 0 bridgehead atoms. The number of benzene rings is 1. The lowest BCUT2D eigenvalue weighted by molar-refractivity contribution is -0.0613. The van der Waals surface area contributed by atoms with Gasteiger partial charge in [-0.25, -0.2) is 8.42 Å². The van der Waals surface area contributed by atoms with E-state index in [4.69, 9.17) is 5.73 Å². The molecule has 6 heteroatoms. The van der Waals surface area contributed by atoms with Crippen LogP contribution in [0, 0.1) is 0 Å². The summed E-state index contributed by atoms with van der Waals surface area (Å²) in [4.78, 5) is 0.258. The summed E-state index contributed by atoms with van der Waals surface area (Å²) in [6.07, 6.45) is 1.18. The molecule has 3 N–H and O–H groups in total. The SMILES string of the molecule is CCc1ccc(N)cc1S(=O)(=O)N1CC(O)(CC)C1. The van der Waals surface area contributed by atoms with E-state index in [2.05, 4.69) is 0 Å². The van der Waals surface area contributed by atoms with E-state index in [1.54, 1.807) is 12.1 Å². The van der Waals surface area contributed by atoms with E-state index in [9.17, 15) is 13.5 Å². The number of hydrogen-bond donors (Lipinski definition) is 2. The van der Waals surface area contributed by atoms with Gasteiger partial charge >= 0.3 is 0 Å². The lowest BCUT2D eigenvalue weighted by atomic mass is 9.94. The average molecular weight is 284 g/mol. The fraction of sp³-hybridized carbons (Fsp3) is 0.538. The maximum Gasteiger partial charge on any atom is 0.243 e. The van der Waals surface area contributed by atoms with Crippen LogP contribution in [0.5, 0.6) is 0 Å². The number of aryl methyl sites for hydroxylation is 1. The monoisotopic (exact) mass is 284 g/mol. The summed E-state index contributed by atoms with van der Waals surface area (Å²) in [6.45, 7) is 4.07. The van der Waals surface area contributed by atoms with Gasteiger partial charge in [-0.2, -0.15) is 4.31 Å². The van der Waals surface area contributed by atoms with E-state index >= 15 is 0 Å². The van der Waals surface area contributed by atoms with Crippen LogP contribution in [-0.4, -0.2) is 36.5 Å². The first-order valence-corrected chi connectivity index (χ1v) is 7.87. The fourth-order valence-corrected chi connectivity index (χ4v) is 4.17. The number of nitrogens with two attached hydrogens (primary N) is 1. The van der Waals surface area contributed by atoms with Crippen molar-refractivity contribution in [2.24, 2.45) is 0 Å². The molecule has 106 valence electrons. The molecule has 0 atom stereocenters. The summed E-state index contributed by atoms with van der Waals surface area (Å²) in [7, 11) is -3.56. The second kappa shape index (κ2) is 4.77. The Morgan fingerprint density at radius 1 is 1.37 bits per heavy atom. The van der Waals surface area contributed by atoms with E-state index in [0.29, 0.717) is 18.5 Å². The van der Waals surface area contributed by atoms with Crippen LogP contribution in [0.2, 0.25) is 0 Å². The molecule has 0 amide bonds. The van der Waals surface area contributed by atoms with Gasteiger partial charge in [-0.1, -0.05) is 19.9 Å². The molecule has 5 nitrogen and oxygen atoms in total. The molecule has 2 rings (SSSR count). The van der Waals surface area contributed by atoms with Crippen molar-refractivity contribution >= 4 is 15.7 Å². The molecule has 1 fully saturated rings. The van der Waals surface area contributed by atoms with Gasteiger partial charge in [0, 0.05) is 18.8 Å². The van der Waals surface area contributed by atoms with Crippen LogP contribution in [0.4, 0.5) is 5.69 Å². The number of aliphatic hydroxyl groups is 1. The highest BCUT2D eigenvalue weighted by atomic mass is 32.2. The Hall–Kier alpha value is -1.11. The van der Waals surface area contributed by atoms with Crippen molar-refractivity contribution in [3.63, 3.8) is 0 Å². The average Bonchev–Trinajstić information content (AvgIpc) is 2.34. The molecular weight excluding hydrogens is 264 g/mol. The molecule has 0 radical (unpaired) electrons.